The molecular formula is C16H19BF6O3. The highest BCUT2D eigenvalue weighted by Crippen LogP contribution is 2.36. The first-order valence-electron chi connectivity index (χ1n) is 7.49. The lowest BCUT2D eigenvalue weighted by Crippen LogP contribution is -2.50. The van der Waals surface area contributed by atoms with Crippen LogP contribution in [0.3, 0.4) is 0 Å². The van der Waals surface area contributed by atoms with Crippen molar-refractivity contribution in [2.75, 3.05) is 0 Å². The molecule has 2 N–H and O–H groups in total. The van der Waals surface area contributed by atoms with E-state index in [2.05, 4.69) is 0 Å². The molecule has 0 radical (unpaired) electrons. The molecule has 0 amide bonds. The Morgan fingerprint density at radius 1 is 0.885 bits per heavy atom. The van der Waals surface area contributed by atoms with E-state index in [1.54, 1.807) is 0 Å². The molecule has 0 aromatic heterocycles. The molecule has 0 spiro atoms. The van der Waals surface area contributed by atoms with E-state index in [0.717, 1.165) is 12.1 Å². The molecule has 0 aliphatic rings. The van der Waals surface area contributed by atoms with Crippen molar-refractivity contribution in [3.8, 4) is 0 Å². The first-order chi connectivity index (χ1) is 11.4. The minimum Gasteiger partial charge on any atom is -0.423 e. The van der Waals surface area contributed by atoms with E-state index < -0.39 is 47.4 Å². The summed E-state index contributed by atoms with van der Waals surface area (Å²) in [6.45, 7) is 5.78. The van der Waals surface area contributed by atoms with Crippen molar-refractivity contribution in [1.29, 1.82) is 0 Å². The average molecular weight is 384 g/mol. The summed E-state index contributed by atoms with van der Waals surface area (Å²) in [5.74, 6) is 0.892. The fraction of sp³-hybridized carbons (Fsp3) is 0.500. The molecule has 0 aliphatic carbocycles. The van der Waals surface area contributed by atoms with E-state index in [1.807, 2.05) is 0 Å². The van der Waals surface area contributed by atoms with Crippen LogP contribution in [0.25, 0.3) is 6.08 Å². The molecule has 26 heavy (non-hydrogen) atoms. The first-order valence-corrected chi connectivity index (χ1v) is 7.49. The van der Waals surface area contributed by atoms with Crippen molar-refractivity contribution in [1.82, 2.24) is 0 Å². The van der Waals surface area contributed by atoms with Crippen molar-refractivity contribution in [3.63, 3.8) is 0 Å². The maximum atomic E-state index is 12.8. The van der Waals surface area contributed by atoms with Crippen LogP contribution in [0, 0.1) is 0 Å². The second-order valence-electron chi connectivity index (χ2n) is 6.78. The number of benzene rings is 1. The SMILES string of the molecule is CC(C)(O)C(C)(C)OB(O)/C=C/c1cc(C(F)(F)F)cc(C(F)(F)F)c1. The Hall–Kier alpha value is -1.52. The van der Waals surface area contributed by atoms with Gasteiger partial charge < -0.3 is 14.8 Å². The highest BCUT2D eigenvalue weighted by atomic mass is 19.4. The van der Waals surface area contributed by atoms with E-state index in [4.69, 9.17) is 4.65 Å². The standard InChI is InChI=1S/C16H19BF6O3/c1-13(2,24)14(3,4)26-17(25)6-5-10-7-11(15(18,19)20)9-12(8-10)16(21,22)23/h5-9,24-25H,1-4H3/b6-5+. The van der Waals surface area contributed by atoms with Gasteiger partial charge in [0, 0.05) is 0 Å². The number of hydrogen-bond donors (Lipinski definition) is 2. The maximum absolute atomic E-state index is 12.8. The topological polar surface area (TPSA) is 49.7 Å². The minimum absolute atomic E-state index is 0.0155. The van der Waals surface area contributed by atoms with Gasteiger partial charge in [0.15, 0.2) is 0 Å². The molecule has 0 heterocycles. The molecule has 3 nitrogen and oxygen atoms in total. The summed E-state index contributed by atoms with van der Waals surface area (Å²) in [5.41, 5.74) is -5.92. The number of alkyl halides is 6. The van der Waals surface area contributed by atoms with Crippen LogP contribution in [0.1, 0.15) is 44.4 Å². The molecule has 1 aromatic carbocycles. The van der Waals surface area contributed by atoms with Gasteiger partial charge in [0.2, 0.25) is 0 Å². The lowest BCUT2D eigenvalue weighted by molar-refractivity contribution is -0.143. The van der Waals surface area contributed by atoms with Gasteiger partial charge in [0.25, 0.3) is 0 Å². The molecule has 0 fully saturated rings. The third-order valence-electron chi connectivity index (χ3n) is 3.95. The Morgan fingerprint density at radius 3 is 1.65 bits per heavy atom. The number of hydrogen-bond acceptors (Lipinski definition) is 3. The van der Waals surface area contributed by atoms with Crippen LogP contribution in [0.15, 0.2) is 24.2 Å². The summed E-state index contributed by atoms with van der Waals surface area (Å²) in [6, 6.07) is 1.07. The van der Waals surface area contributed by atoms with E-state index in [0.29, 0.717) is 12.1 Å². The van der Waals surface area contributed by atoms with Crippen LogP contribution in [0.5, 0.6) is 0 Å². The van der Waals surface area contributed by atoms with Gasteiger partial charge in [-0.25, -0.2) is 0 Å². The highest BCUT2D eigenvalue weighted by Gasteiger charge is 2.39. The van der Waals surface area contributed by atoms with Crippen molar-refractivity contribution in [2.24, 2.45) is 0 Å². The van der Waals surface area contributed by atoms with Gasteiger partial charge in [-0.1, -0.05) is 12.1 Å². The minimum atomic E-state index is -4.96. The van der Waals surface area contributed by atoms with Crippen molar-refractivity contribution in [2.45, 2.75) is 51.2 Å². The summed E-state index contributed by atoms with van der Waals surface area (Å²) in [7, 11) is -1.65. The van der Waals surface area contributed by atoms with Crippen molar-refractivity contribution in [3.05, 3.63) is 40.9 Å². The third-order valence-corrected chi connectivity index (χ3v) is 3.95. The Morgan fingerprint density at radius 2 is 1.31 bits per heavy atom. The molecule has 0 saturated heterocycles. The maximum Gasteiger partial charge on any atom is 0.483 e. The average Bonchev–Trinajstić information content (AvgIpc) is 2.41. The number of aliphatic hydroxyl groups is 1. The Balaban J connectivity index is 3.14. The summed E-state index contributed by atoms with van der Waals surface area (Å²) in [6.07, 6.45) is -9.03. The Labute approximate surface area is 147 Å². The molecule has 146 valence electrons. The van der Waals surface area contributed by atoms with Crippen LogP contribution in [-0.2, 0) is 17.0 Å². The van der Waals surface area contributed by atoms with Gasteiger partial charge in [0.1, 0.15) is 0 Å². The van der Waals surface area contributed by atoms with Gasteiger partial charge >= 0.3 is 19.5 Å². The lowest BCUT2D eigenvalue weighted by atomic mass is 9.82. The van der Waals surface area contributed by atoms with Crippen LogP contribution in [-0.4, -0.2) is 28.5 Å². The molecule has 10 heteroatoms. The molecule has 0 bridgehead atoms. The van der Waals surface area contributed by atoms with E-state index in [1.165, 1.54) is 27.7 Å². The van der Waals surface area contributed by atoms with Gasteiger partial charge in [-0.15, -0.1) is 0 Å². The fourth-order valence-corrected chi connectivity index (χ4v) is 1.75. The summed E-state index contributed by atoms with van der Waals surface area (Å²) in [4.78, 5) is 0. The largest absolute Gasteiger partial charge is 0.483 e. The fourth-order valence-electron chi connectivity index (χ4n) is 1.75. The Bertz CT molecular complexity index is 627. The monoisotopic (exact) mass is 384 g/mol. The van der Waals surface area contributed by atoms with E-state index >= 15 is 0 Å². The van der Waals surface area contributed by atoms with E-state index in [9.17, 15) is 36.5 Å². The van der Waals surface area contributed by atoms with Crippen LogP contribution in [0.4, 0.5) is 26.3 Å². The number of rotatable bonds is 5. The predicted octanol–water partition coefficient (Wildman–Crippen LogP) is 4.32. The zero-order chi connectivity index (χ0) is 20.6. The van der Waals surface area contributed by atoms with Gasteiger partial charge in [0.05, 0.1) is 22.3 Å². The molecule has 1 aromatic rings. The molecule has 1 rings (SSSR count). The molecule has 0 aliphatic heterocycles. The van der Waals surface area contributed by atoms with E-state index in [-0.39, 0.29) is 6.07 Å². The van der Waals surface area contributed by atoms with Gasteiger partial charge in [-0.3, -0.25) is 0 Å². The predicted molar refractivity (Wildman–Crippen MR) is 84.9 cm³/mol. The number of halogens is 6. The first kappa shape index (κ1) is 22.5. The van der Waals surface area contributed by atoms with Crippen LogP contribution < -0.4 is 0 Å². The second kappa shape index (κ2) is 7.24. The van der Waals surface area contributed by atoms with Crippen molar-refractivity contribution >= 4 is 13.2 Å². The molecule has 0 atom stereocenters. The van der Waals surface area contributed by atoms with Gasteiger partial charge in [-0.2, -0.15) is 26.3 Å². The zero-order valence-corrected chi connectivity index (χ0v) is 14.5. The lowest BCUT2D eigenvalue weighted by Gasteiger charge is -2.38. The third kappa shape index (κ3) is 6.03. The smallest absolute Gasteiger partial charge is 0.423 e. The van der Waals surface area contributed by atoms with Crippen LogP contribution in [0.2, 0.25) is 0 Å². The molecular weight excluding hydrogens is 365 g/mol. The zero-order valence-electron chi connectivity index (χ0n) is 14.5. The van der Waals surface area contributed by atoms with Crippen LogP contribution >= 0.6 is 0 Å². The normalized spacial score (nSPS) is 14.2. The summed E-state index contributed by atoms with van der Waals surface area (Å²) >= 11 is 0. The second-order valence-corrected chi connectivity index (χ2v) is 6.78. The summed E-state index contributed by atoms with van der Waals surface area (Å²) in [5, 5.41) is 19.7. The van der Waals surface area contributed by atoms with Crippen molar-refractivity contribution < 1.29 is 41.1 Å². The quantitative estimate of drug-likeness (QED) is 0.587. The molecule has 0 unspecified atom stereocenters. The van der Waals surface area contributed by atoms with Gasteiger partial charge in [-0.05, 0) is 51.5 Å². The summed E-state index contributed by atoms with van der Waals surface area (Å²) < 4.78 is 82.0. The Kier molecular flexibility index (Phi) is 6.28. The molecule has 0 saturated carbocycles. The highest BCUT2D eigenvalue weighted by molar-refractivity contribution is 6.50.